The van der Waals surface area contributed by atoms with Crippen molar-refractivity contribution in [2.24, 2.45) is 22.7 Å². The van der Waals surface area contributed by atoms with E-state index in [1.165, 1.54) is 24.8 Å². The van der Waals surface area contributed by atoms with Gasteiger partial charge in [-0.3, -0.25) is 0 Å². The lowest BCUT2D eigenvalue weighted by Gasteiger charge is -2.61. The van der Waals surface area contributed by atoms with Gasteiger partial charge in [-0.05, 0) is 115 Å². The Morgan fingerprint density at radius 1 is 1.25 bits per heavy atom. The van der Waals surface area contributed by atoms with Gasteiger partial charge in [0.25, 0.3) is 0 Å². The Morgan fingerprint density at radius 3 is 2.53 bits per heavy atom. The van der Waals surface area contributed by atoms with Crippen LogP contribution in [0.25, 0.3) is 0 Å². The summed E-state index contributed by atoms with van der Waals surface area (Å²) in [5.41, 5.74) is 2.69. The molecule has 6 heteroatoms. The molecule has 2 fully saturated rings. The molecule has 2 aliphatic rings. The number of aromatic hydroxyl groups is 1. The van der Waals surface area contributed by atoms with Crippen molar-refractivity contribution in [1.29, 1.82) is 0 Å². The molecule has 0 bridgehead atoms. The topological polar surface area (TPSA) is 20.2 Å². The van der Waals surface area contributed by atoms with Crippen molar-refractivity contribution in [3.05, 3.63) is 38.8 Å². The zero-order valence-corrected chi connectivity index (χ0v) is 26.6. The maximum atomic E-state index is 10.8. The van der Waals surface area contributed by atoms with Gasteiger partial charge >= 0.3 is 0 Å². The Kier molecular flexibility index (Phi) is 8.74. The van der Waals surface area contributed by atoms with Crippen molar-refractivity contribution < 1.29 is 5.11 Å². The molecule has 0 aliphatic heterocycles. The van der Waals surface area contributed by atoms with E-state index in [4.69, 9.17) is 11.6 Å². The summed E-state index contributed by atoms with van der Waals surface area (Å²) in [6.07, 6.45) is 7.63. The Hall–Kier alpha value is 0.970. The van der Waals surface area contributed by atoms with E-state index in [2.05, 4.69) is 104 Å². The van der Waals surface area contributed by atoms with Crippen molar-refractivity contribution in [1.82, 2.24) is 0 Å². The summed E-state index contributed by atoms with van der Waals surface area (Å²) in [4.78, 5) is 0.531. The van der Waals surface area contributed by atoms with Gasteiger partial charge in [0.2, 0.25) is 0 Å². The van der Waals surface area contributed by atoms with Crippen molar-refractivity contribution >= 4 is 75.3 Å². The van der Waals surface area contributed by atoms with Gasteiger partial charge in [0.15, 0.2) is 0 Å². The van der Waals surface area contributed by atoms with Crippen LogP contribution in [0.5, 0.6) is 5.75 Å². The Balaban J connectivity index is 1.92. The van der Waals surface area contributed by atoms with Gasteiger partial charge in [-0.1, -0.05) is 73.8 Å². The predicted octanol–water partition coefficient (Wildman–Crippen LogP) is 10.2. The SMILES string of the molecule is C=C1CC[C@@H]2[C@@](C)(CC[C@@H](Br)C(C)(C)Cl)[C@H](Br)CC[C@@]2(C)[C@@H]1Cc1cc(Br)cc(Br)c1O. The number of alkyl halides is 3. The van der Waals surface area contributed by atoms with Gasteiger partial charge in [-0.2, -0.15) is 0 Å². The molecule has 2 saturated carbocycles. The van der Waals surface area contributed by atoms with E-state index in [0.717, 1.165) is 40.2 Å². The largest absolute Gasteiger partial charge is 0.506 e. The molecule has 0 spiro atoms. The highest BCUT2D eigenvalue weighted by Crippen LogP contribution is 2.64. The van der Waals surface area contributed by atoms with Gasteiger partial charge in [-0.25, -0.2) is 0 Å². The lowest BCUT2D eigenvalue weighted by Crippen LogP contribution is -2.55. The summed E-state index contributed by atoms with van der Waals surface area (Å²) in [5, 5.41) is 10.8. The maximum absolute atomic E-state index is 10.8. The molecule has 0 heterocycles. The quantitative estimate of drug-likeness (QED) is 0.229. The van der Waals surface area contributed by atoms with Crippen LogP contribution in [0.4, 0.5) is 0 Å². The summed E-state index contributed by atoms with van der Waals surface area (Å²) < 4.78 is 1.73. The highest BCUT2D eigenvalue weighted by atomic mass is 79.9. The monoisotopic (exact) mass is 714 g/mol. The smallest absolute Gasteiger partial charge is 0.133 e. The van der Waals surface area contributed by atoms with Gasteiger partial charge in [0, 0.05) is 14.1 Å². The number of rotatable bonds is 6. The minimum Gasteiger partial charge on any atom is -0.506 e. The molecule has 0 unspecified atom stereocenters. The maximum Gasteiger partial charge on any atom is 0.133 e. The number of halogens is 5. The molecule has 3 rings (SSSR count). The third-order valence-corrected chi connectivity index (χ3v) is 13.2. The fraction of sp³-hybridized carbons (Fsp3) is 0.692. The van der Waals surface area contributed by atoms with E-state index in [0.29, 0.717) is 22.4 Å². The molecule has 1 N–H and O–H groups in total. The van der Waals surface area contributed by atoms with Crippen LogP contribution in [0, 0.1) is 22.7 Å². The Morgan fingerprint density at radius 2 is 1.91 bits per heavy atom. The second kappa shape index (κ2) is 10.1. The van der Waals surface area contributed by atoms with Crippen LogP contribution < -0.4 is 0 Å². The van der Waals surface area contributed by atoms with Gasteiger partial charge in [0.1, 0.15) is 5.75 Å². The molecular formula is C26H35Br4ClO. The molecule has 1 aromatic rings. The van der Waals surface area contributed by atoms with E-state index in [1.807, 2.05) is 6.07 Å². The molecule has 1 aromatic carbocycles. The zero-order chi connectivity index (χ0) is 24.1. The number of hydrogen-bond donors (Lipinski definition) is 1. The number of allylic oxidation sites excluding steroid dienone is 1. The second-order valence-electron chi connectivity index (χ2n) is 11.0. The van der Waals surface area contributed by atoms with E-state index < -0.39 is 0 Å². The van der Waals surface area contributed by atoms with E-state index in [9.17, 15) is 5.11 Å². The molecule has 6 atom stereocenters. The molecule has 0 radical (unpaired) electrons. The van der Waals surface area contributed by atoms with Crippen molar-refractivity contribution in [3.63, 3.8) is 0 Å². The van der Waals surface area contributed by atoms with Crippen LogP contribution in [-0.4, -0.2) is 19.6 Å². The lowest BCUT2D eigenvalue weighted by molar-refractivity contribution is -0.0601. The zero-order valence-electron chi connectivity index (χ0n) is 19.5. The van der Waals surface area contributed by atoms with E-state index >= 15 is 0 Å². The normalized spacial score (nSPS) is 34.3. The molecule has 0 amide bonds. The number of hydrogen-bond acceptors (Lipinski definition) is 1. The van der Waals surface area contributed by atoms with Gasteiger partial charge < -0.3 is 5.11 Å². The average molecular weight is 719 g/mol. The summed E-state index contributed by atoms with van der Waals surface area (Å²) in [6, 6.07) is 3.97. The third-order valence-electron chi connectivity index (χ3n) is 8.50. The van der Waals surface area contributed by atoms with Crippen LogP contribution in [0.1, 0.15) is 71.8 Å². The molecule has 1 nitrogen and oxygen atoms in total. The third kappa shape index (κ3) is 5.37. The highest BCUT2D eigenvalue weighted by molar-refractivity contribution is 9.11. The molecule has 180 valence electrons. The van der Waals surface area contributed by atoms with Crippen LogP contribution in [0.2, 0.25) is 0 Å². The minimum atomic E-state index is -0.259. The molecule has 0 aromatic heterocycles. The van der Waals surface area contributed by atoms with E-state index in [1.54, 1.807) is 0 Å². The number of phenolic OH excluding ortho intramolecular Hbond substituents is 1. The number of phenols is 1. The summed E-state index contributed by atoms with van der Waals surface area (Å²) in [5.74, 6) is 1.31. The summed E-state index contributed by atoms with van der Waals surface area (Å²) in [6.45, 7) is 13.7. The van der Waals surface area contributed by atoms with Crippen LogP contribution >= 0.6 is 75.3 Å². The number of fused-ring (bicyclic) bond motifs is 1. The molecule has 2 aliphatic carbocycles. The van der Waals surface area contributed by atoms with Crippen LogP contribution in [-0.2, 0) is 6.42 Å². The highest BCUT2D eigenvalue weighted by Gasteiger charge is 2.57. The standard InChI is InChI=1S/C26H35Br4ClO/c1-15-6-7-20-25(4,18(15)13-16-12-17(27)14-19(28)23(16)32)10-9-22(30)26(20,5)11-8-21(29)24(2,3)31/h12,14,18,20-22,32H,1,6-11,13H2,2-5H3/t18-,20+,21-,22-,25+,26-/m1/s1. The second-order valence-corrected chi connectivity index (χ2v) is 15.9. The summed E-state index contributed by atoms with van der Waals surface area (Å²) >= 11 is 21.7. The first kappa shape index (κ1) is 27.6. The predicted molar refractivity (Wildman–Crippen MR) is 153 cm³/mol. The van der Waals surface area contributed by atoms with Crippen molar-refractivity contribution in [2.45, 2.75) is 87.2 Å². The minimum absolute atomic E-state index is 0.161. The van der Waals surface area contributed by atoms with Crippen LogP contribution in [0.3, 0.4) is 0 Å². The van der Waals surface area contributed by atoms with Crippen molar-refractivity contribution in [3.8, 4) is 5.75 Å². The Bertz CT molecular complexity index is 866. The lowest BCUT2D eigenvalue weighted by atomic mass is 9.45. The summed E-state index contributed by atoms with van der Waals surface area (Å²) in [7, 11) is 0. The fourth-order valence-corrected chi connectivity index (χ4v) is 8.87. The van der Waals surface area contributed by atoms with E-state index in [-0.39, 0.29) is 20.5 Å². The molecule has 32 heavy (non-hydrogen) atoms. The first-order chi connectivity index (χ1) is 14.7. The Labute approximate surface area is 233 Å². The van der Waals surface area contributed by atoms with Crippen molar-refractivity contribution in [2.75, 3.05) is 0 Å². The van der Waals surface area contributed by atoms with Gasteiger partial charge in [0.05, 0.1) is 9.35 Å². The van der Waals surface area contributed by atoms with Gasteiger partial charge in [-0.15, -0.1) is 11.6 Å². The van der Waals surface area contributed by atoms with Crippen LogP contribution in [0.15, 0.2) is 33.2 Å². The fourth-order valence-electron chi connectivity index (χ4n) is 6.44. The average Bonchev–Trinajstić information content (AvgIpc) is 2.69. The number of benzene rings is 1. The first-order valence-electron chi connectivity index (χ1n) is 11.5. The molecule has 0 saturated heterocycles. The molecular weight excluding hydrogens is 683 g/mol. The first-order valence-corrected chi connectivity index (χ1v) is 15.3.